The minimum absolute atomic E-state index is 0.269. The van der Waals surface area contributed by atoms with Crippen molar-refractivity contribution in [1.82, 2.24) is 10.7 Å². The Labute approximate surface area is 180 Å². The molecule has 2 amide bonds. The van der Waals surface area contributed by atoms with Gasteiger partial charge in [0.1, 0.15) is 0 Å². The summed E-state index contributed by atoms with van der Waals surface area (Å²) in [7, 11) is 0. The van der Waals surface area contributed by atoms with E-state index < -0.39 is 12.1 Å². The van der Waals surface area contributed by atoms with E-state index in [1.165, 1.54) is 0 Å². The maximum atomic E-state index is 12.8. The first kappa shape index (κ1) is 19.9. The summed E-state index contributed by atoms with van der Waals surface area (Å²) in [5, 5.41) is 3.43. The Morgan fingerprint density at radius 2 is 1.67 bits per heavy atom. The molecule has 2 atom stereocenters. The zero-order chi connectivity index (χ0) is 21.1. The van der Waals surface area contributed by atoms with Crippen LogP contribution in [0.3, 0.4) is 0 Å². The summed E-state index contributed by atoms with van der Waals surface area (Å²) in [5.74, 6) is -0.598. The number of halogens is 1. The monoisotopic (exact) mass is 418 g/mol. The number of nitrogens with one attached hydrogen (secondary N) is 2. The van der Waals surface area contributed by atoms with Crippen molar-refractivity contribution in [2.75, 3.05) is 0 Å². The topological polar surface area (TPSA) is 61.2 Å². The number of nitrogens with zero attached hydrogens (tertiary/aromatic N) is 1. The second-order valence-electron chi connectivity index (χ2n) is 7.24. The summed E-state index contributed by atoms with van der Waals surface area (Å²) in [6.45, 7) is 2.02. The maximum Gasteiger partial charge on any atom is 0.304 e. The SMILES string of the molecule is Cc1ccc(/C=[N+]2\NC(=O)[C@@H](NC(=O)c3ccc(Cl)cc3)[C@@H]2c2ccccc2)cc1. The number of hydrogen-bond acceptors (Lipinski definition) is 2. The van der Waals surface area contributed by atoms with Crippen LogP contribution in [0, 0.1) is 6.92 Å². The van der Waals surface area contributed by atoms with Crippen LogP contribution in [0.15, 0.2) is 78.9 Å². The van der Waals surface area contributed by atoms with E-state index in [2.05, 4.69) is 10.7 Å². The van der Waals surface area contributed by atoms with E-state index in [-0.39, 0.29) is 11.8 Å². The van der Waals surface area contributed by atoms with Gasteiger partial charge in [0.05, 0.1) is 0 Å². The van der Waals surface area contributed by atoms with Crippen molar-refractivity contribution in [3.8, 4) is 0 Å². The minimum atomic E-state index is -0.753. The van der Waals surface area contributed by atoms with Crippen LogP contribution in [0.1, 0.15) is 33.1 Å². The second kappa shape index (κ2) is 8.51. The fourth-order valence-corrected chi connectivity index (χ4v) is 3.60. The lowest BCUT2D eigenvalue weighted by Gasteiger charge is -2.14. The molecule has 3 aromatic rings. The molecule has 30 heavy (non-hydrogen) atoms. The first-order valence-electron chi connectivity index (χ1n) is 9.63. The van der Waals surface area contributed by atoms with Gasteiger partial charge in [0, 0.05) is 21.7 Å². The third kappa shape index (κ3) is 4.26. The molecular weight excluding hydrogens is 398 g/mol. The van der Waals surface area contributed by atoms with Crippen molar-refractivity contribution < 1.29 is 14.3 Å². The van der Waals surface area contributed by atoms with Gasteiger partial charge < -0.3 is 5.32 Å². The molecule has 1 fully saturated rings. The Kier molecular flexibility index (Phi) is 5.63. The number of hydrogen-bond donors (Lipinski definition) is 2. The van der Waals surface area contributed by atoms with Crippen molar-refractivity contribution in [3.05, 3.63) is 106 Å². The highest BCUT2D eigenvalue weighted by Gasteiger charge is 2.47. The van der Waals surface area contributed by atoms with E-state index >= 15 is 0 Å². The summed E-state index contributed by atoms with van der Waals surface area (Å²) < 4.78 is 1.76. The first-order chi connectivity index (χ1) is 14.5. The molecule has 0 bridgehead atoms. The van der Waals surface area contributed by atoms with Crippen molar-refractivity contribution >= 4 is 29.6 Å². The fourth-order valence-electron chi connectivity index (χ4n) is 3.47. The number of amides is 2. The predicted molar refractivity (Wildman–Crippen MR) is 117 cm³/mol. The van der Waals surface area contributed by atoms with Crippen LogP contribution in [-0.4, -0.2) is 28.8 Å². The van der Waals surface area contributed by atoms with Gasteiger partial charge in [0.2, 0.25) is 12.3 Å². The molecule has 3 aromatic carbocycles. The van der Waals surface area contributed by atoms with Crippen molar-refractivity contribution in [2.24, 2.45) is 0 Å². The Hall–Kier alpha value is -3.44. The number of benzene rings is 3. The van der Waals surface area contributed by atoms with E-state index in [1.54, 1.807) is 28.9 Å². The van der Waals surface area contributed by atoms with Crippen LogP contribution in [0.25, 0.3) is 0 Å². The highest BCUT2D eigenvalue weighted by atomic mass is 35.5. The van der Waals surface area contributed by atoms with Crippen LogP contribution >= 0.6 is 11.6 Å². The van der Waals surface area contributed by atoms with Crippen molar-refractivity contribution in [2.45, 2.75) is 19.0 Å². The molecule has 150 valence electrons. The molecule has 0 spiro atoms. The lowest BCUT2D eigenvalue weighted by atomic mass is 10.00. The average Bonchev–Trinajstić information content (AvgIpc) is 3.05. The van der Waals surface area contributed by atoms with E-state index in [1.807, 2.05) is 67.7 Å². The van der Waals surface area contributed by atoms with E-state index in [4.69, 9.17) is 11.6 Å². The van der Waals surface area contributed by atoms with Gasteiger partial charge in [0.15, 0.2) is 6.04 Å². The summed E-state index contributed by atoms with van der Waals surface area (Å²) >= 11 is 5.91. The minimum Gasteiger partial charge on any atom is -0.334 e. The number of aryl methyl sites for hydroxylation is 1. The standard InChI is InChI=1S/C24H20ClN3O2/c1-16-7-9-17(10-8-16)15-28-22(18-5-3-2-4-6-18)21(24(30)27-28)26-23(29)19-11-13-20(25)14-12-19/h2-15,21-22H,1H3,(H-,26,27,29,30)/p+1/b28-15-/t21-,22-/m0/s1. The first-order valence-corrected chi connectivity index (χ1v) is 10.0. The number of rotatable bonds is 4. The van der Waals surface area contributed by atoms with Gasteiger partial charge in [-0.25, -0.2) is 0 Å². The highest BCUT2D eigenvalue weighted by molar-refractivity contribution is 6.30. The Morgan fingerprint density at radius 3 is 2.33 bits per heavy atom. The molecule has 1 heterocycles. The van der Waals surface area contributed by atoms with E-state index in [9.17, 15) is 9.59 Å². The molecule has 6 heteroatoms. The summed E-state index contributed by atoms with van der Waals surface area (Å²) in [6, 6.07) is 23.1. The normalized spacial score (nSPS) is 19.5. The van der Waals surface area contributed by atoms with Gasteiger partial charge in [0.25, 0.3) is 5.91 Å². The van der Waals surface area contributed by atoms with E-state index in [0.717, 1.165) is 16.7 Å². The smallest absolute Gasteiger partial charge is 0.304 e. The molecule has 1 saturated heterocycles. The largest absolute Gasteiger partial charge is 0.334 e. The zero-order valence-electron chi connectivity index (χ0n) is 16.4. The van der Waals surface area contributed by atoms with Gasteiger partial charge in [-0.3, -0.25) is 9.59 Å². The average molecular weight is 419 g/mol. The van der Waals surface area contributed by atoms with Crippen LogP contribution < -0.4 is 10.7 Å². The quantitative estimate of drug-likeness (QED) is 0.635. The zero-order valence-corrected chi connectivity index (χ0v) is 17.1. The molecule has 2 N–H and O–H groups in total. The fraction of sp³-hybridized carbons (Fsp3) is 0.125. The Bertz CT molecular complexity index is 1090. The molecular formula is C24H21ClN3O2+. The predicted octanol–water partition coefficient (Wildman–Crippen LogP) is 3.66. The van der Waals surface area contributed by atoms with Crippen molar-refractivity contribution in [3.63, 3.8) is 0 Å². The van der Waals surface area contributed by atoms with Crippen LogP contribution in [0.2, 0.25) is 5.02 Å². The van der Waals surface area contributed by atoms with Crippen molar-refractivity contribution in [1.29, 1.82) is 0 Å². The molecule has 0 saturated carbocycles. The molecule has 1 aliphatic heterocycles. The van der Waals surface area contributed by atoms with Crippen LogP contribution in [-0.2, 0) is 4.79 Å². The number of carbonyl (C=O) groups excluding carboxylic acids is 2. The summed E-state index contributed by atoms with van der Waals surface area (Å²) in [6.07, 6.45) is 1.88. The maximum absolute atomic E-state index is 12.8. The molecule has 0 radical (unpaired) electrons. The third-order valence-electron chi connectivity index (χ3n) is 5.04. The number of hydrazine groups is 1. The molecule has 5 nitrogen and oxygen atoms in total. The van der Waals surface area contributed by atoms with Gasteiger partial charge in [-0.1, -0.05) is 59.6 Å². The highest BCUT2D eigenvalue weighted by Crippen LogP contribution is 2.25. The van der Waals surface area contributed by atoms with Gasteiger partial charge in [-0.15, -0.1) is 10.1 Å². The lowest BCUT2D eigenvalue weighted by Crippen LogP contribution is -2.42. The second-order valence-corrected chi connectivity index (χ2v) is 7.67. The molecule has 0 aromatic heterocycles. The van der Waals surface area contributed by atoms with E-state index in [0.29, 0.717) is 10.6 Å². The molecule has 1 aliphatic rings. The molecule has 0 unspecified atom stereocenters. The number of hydrazone groups is 1. The number of carbonyl (C=O) groups is 2. The van der Waals surface area contributed by atoms with Crippen LogP contribution in [0.5, 0.6) is 0 Å². The summed E-state index contributed by atoms with van der Waals surface area (Å²) in [5.41, 5.74) is 6.35. The van der Waals surface area contributed by atoms with Crippen LogP contribution in [0.4, 0.5) is 0 Å². The Morgan fingerprint density at radius 1 is 1.00 bits per heavy atom. The molecule has 0 aliphatic carbocycles. The van der Waals surface area contributed by atoms with Gasteiger partial charge >= 0.3 is 5.91 Å². The molecule has 4 rings (SSSR count). The third-order valence-corrected chi connectivity index (χ3v) is 5.29. The van der Waals surface area contributed by atoms with Gasteiger partial charge in [-0.05, 0) is 43.3 Å². The van der Waals surface area contributed by atoms with Gasteiger partial charge in [-0.2, -0.15) is 0 Å². The lowest BCUT2D eigenvalue weighted by molar-refractivity contribution is -0.596. The summed E-state index contributed by atoms with van der Waals surface area (Å²) in [4.78, 5) is 25.6. The Balaban J connectivity index is 1.68.